The number of aromatic nitrogens is 1. The summed E-state index contributed by atoms with van der Waals surface area (Å²) in [5.41, 5.74) is 1.70. The molecular weight excluding hydrogens is 224 g/mol. The van der Waals surface area contributed by atoms with Crippen LogP contribution in [-0.4, -0.2) is 35.1 Å². The minimum Gasteiger partial charge on any atom is -0.391 e. The van der Waals surface area contributed by atoms with E-state index in [0.29, 0.717) is 5.76 Å². The van der Waals surface area contributed by atoms with Crippen LogP contribution in [0.3, 0.4) is 0 Å². The summed E-state index contributed by atoms with van der Waals surface area (Å²) in [4.78, 5) is 24.2. The minimum absolute atomic E-state index is 0.0990. The lowest BCUT2D eigenvalue weighted by molar-refractivity contribution is -0.167. The van der Waals surface area contributed by atoms with E-state index in [4.69, 9.17) is 4.52 Å². The Hall–Kier alpha value is -1.69. The van der Waals surface area contributed by atoms with Crippen molar-refractivity contribution in [3.8, 4) is 0 Å². The number of ether oxygens (including phenoxy) is 1. The van der Waals surface area contributed by atoms with Gasteiger partial charge in [0.05, 0.1) is 18.8 Å². The highest BCUT2D eigenvalue weighted by molar-refractivity contribution is 5.90. The van der Waals surface area contributed by atoms with Crippen molar-refractivity contribution in [1.82, 2.24) is 10.1 Å². The first-order valence-electron chi connectivity index (χ1n) is 5.39. The van der Waals surface area contributed by atoms with Gasteiger partial charge in [-0.2, -0.15) is 0 Å². The first-order chi connectivity index (χ1) is 7.99. The molecule has 0 saturated carbocycles. The molecule has 0 aromatic carbocycles. The van der Waals surface area contributed by atoms with Crippen molar-refractivity contribution in [2.45, 2.75) is 26.8 Å². The van der Waals surface area contributed by atoms with Crippen molar-refractivity contribution >= 4 is 11.9 Å². The maximum atomic E-state index is 11.2. The zero-order valence-electron chi connectivity index (χ0n) is 10.0. The molecule has 92 valence electrons. The molecule has 1 aromatic heterocycles. The number of carbonyl (C=O) groups excluding carboxylic acids is 2. The summed E-state index contributed by atoms with van der Waals surface area (Å²) >= 11 is 0. The summed E-state index contributed by atoms with van der Waals surface area (Å²) in [5, 5.41) is 3.87. The van der Waals surface area contributed by atoms with Crippen LogP contribution in [0.25, 0.3) is 0 Å². The van der Waals surface area contributed by atoms with Crippen molar-refractivity contribution in [3.05, 3.63) is 17.0 Å². The normalized spacial score (nSPS) is 19.2. The molecule has 0 radical (unpaired) electrons. The number of nitrogens with zero attached hydrogens (tertiary/aromatic N) is 2. The van der Waals surface area contributed by atoms with E-state index in [0.717, 1.165) is 11.3 Å². The predicted octanol–water partition coefficient (Wildman–Crippen LogP) is 0.738. The van der Waals surface area contributed by atoms with Gasteiger partial charge in [0.15, 0.2) is 0 Å². The Bertz CT molecular complexity index is 431. The molecule has 6 heteroatoms. The molecule has 0 spiro atoms. The number of cyclic esters (lactones) is 2. The average Bonchev–Trinajstić information content (AvgIpc) is 2.56. The Balaban J connectivity index is 2.22. The summed E-state index contributed by atoms with van der Waals surface area (Å²) in [6.45, 7) is 5.79. The van der Waals surface area contributed by atoms with E-state index in [1.165, 1.54) is 0 Å². The fraction of sp³-hybridized carbons (Fsp3) is 0.545. The molecular formula is C11H14N2O4. The molecule has 1 unspecified atom stereocenters. The molecule has 1 atom stereocenters. The Morgan fingerprint density at radius 3 is 2.29 bits per heavy atom. The Morgan fingerprint density at radius 1 is 1.24 bits per heavy atom. The van der Waals surface area contributed by atoms with Gasteiger partial charge in [-0.1, -0.05) is 5.16 Å². The third kappa shape index (κ3) is 2.21. The molecule has 0 amide bonds. The van der Waals surface area contributed by atoms with E-state index < -0.39 is 11.9 Å². The Labute approximate surface area is 98.5 Å². The lowest BCUT2D eigenvalue weighted by Gasteiger charge is -2.29. The number of carbonyl (C=O) groups is 2. The van der Waals surface area contributed by atoms with Gasteiger partial charge >= 0.3 is 11.9 Å². The molecule has 1 aromatic rings. The van der Waals surface area contributed by atoms with Gasteiger partial charge < -0.3 is 9.26 Å². The van der Waals surface area contributed by atoms with Crippen LogP contribution in [-0.2, 0) is 14.3 Å². The molecule has 0 N–H and O–H groups in total. The van der Waals surface area contributed by atoms with Crippen molar-refractivity contribution < 1.29 is 18.8 Å². The van der Waals surface area contributed by atoms with Gasteiger partial charge in [-0.15, -0.1) is 0 Å². The number of aryl methyl sites for hydroxylation is 2. The molecule has 6 nitrogen and oxygen atoms in total. The Morgan fingerprint density at radius 2 is 1.82 bits per heavy atom. The van der Waals surface area contributed by atoms with Gasteiger partial charge in [0, 0.05) is 11.6 Å². The number of esters is 2. The lowest BCUT2D eigenvalue weighted by Crippen LogP contribution is -2.44. The first kappa shape index (κ1) is 11.8. The summed E-state index contributed by atoms with van der Waals surface area (Å²) in [6, 6.07) is -0.0990. The second-order valence-electron chi connectivity index (χ2n) is 4.16. The molecule has 0 bridgehead atoms. The average molecular weight is 238 g/mol. The molecule has 1 fully saturated rings. The van der Waals surface area contributed by atoms with Crippen molar-refractivity contribution in [1.29, 1.82) is 0 Å². The molecule has 2 rings (SSSR count). The number of hydrogen-bond acceptors (Lipinski definition) is 6. The zero-order chi connectivity index (χ0) is 12.6. The van der Waals surface area contributed by atoms with Crippen molar-refractivity contribution in [2.75, 3.05) is 13.1 Å². The van der Waals surface area contributed by atoms with E-state index in [-0.39, 0.29) is 19.1 Å². The minimum atomic E-state index is -0.514. The van der Waals surface area contributed by atoms with Crippen LogP contribution in [0.4, 0.5) is 0 Å². The SMILES string of the molecule is Cc1noc(C)c1C(C)N1CC(=O)OC(=O)C1. The molecule has 1 aliphatic heterocycles. The quantitative estimate of drug-likeness (QED) is 0.559. The van der Waals surface area contributed by atoms with Crippen molar-refractivity contribution in [2.24, 2.45) is 0 Å². The fourth-order valence-corrected chi connectivity index (χ4v) is 2.12. The van der Waals surface area contributed by atoms with E-state index in [2.05, 4.69) is 9.89 Å². The van der Waals surface area contributed by atoms with E-state index >= 15 is 0 Å². The van der Waals surface area contributed by atoms with Gasteiger partial charge in [-0.3, -0.25) is 14.5 Å². The topological polar surface area (TPSA) is 72.6 Å². The molecule has 1 aliphatic rings. The van der Waals surface area contributed by atoms with Crippen LogP contribution in [0, 0.1) is 13.8 Å². The second kappa shape index (κ2) is 4.29. The maximum Gasteiger partial charge on any atom is 0.327 e. The predicted molar refractivity (Wildman–Crippen MR) is 57.1 cm³/mol. The zero-order valence-corrected chi connectivity index (χ0v) is 10.0. The van der Waals surface area contributed by atoms with E-state index in [9.17, 15) is 9.59 Å². The smallest absolute Gasteiger partial charge is 0.327 e. The van der Waals surface area contributed by atoms with Gasteiger partial charge in [-0.25, -0.2) is 0 Å². The maximum absolute atomic E-state index is 11.2. The Kier molecular flexibility index (Phi) is 2.97. The number of hydrogen-bond donors (Lipinski definition) is 0. The van der Waals surface area contributed by atoms with E-state index in [1.54, 1.807) is 4.90 Å². The second-order valence-corrected chi connectivity index (χ2v) is 4.16. The van der Waals surface area contributed by atoms with Crippen LogP contribution in [0.15, 0.2) is 4.52 Å². The summed E-state index contributed by atoms with van der Waals surface area (Å²) < 4.78 is 9.57. The molecule has 0 aliphatic carbocycles. The lowest BCUT2D eigenvalue weighted by atomic mass is 10.1. The number of morpholine rings is 1. The van der Waals surface area contributed by atoms with Crippen molar-refractivity contribution in [3.63, 3.8) is 0 Å². The van der Waals surface area contributed by atoms with Gasteiger partial charge in [-0.05, 0) is 20.8 Å². The van der Waals surface area contributed by atoms with Crippen LogP contribution in [0.1, 0.15) is 30.0 Å². The van der Waals surface area contributed by atoms with Crippen LogP contribution >= 0.6 is 0 Å². The van der Waals surface area contributed by atoms with E-state index in [1.807, 2.05) is 20.8 Å². The largest absolute Gasteiger partial charge is 0.391 e. The van der Waals surface area contributed by atoms with Gasteiger partial charge in [0.25, 0.3) is 0 Å². The highest BCUT2D eigenvalue weighted by Gasteiger charge is 2.31. The standard InChI is InChI=1S/C11H14N2O4/c1-6-11(8(3)17-12-6)7(2)13-4-9(14)16-10(15)5-13/h7H,4-5H2,1-3H3. The first-order valence-corrected chi connectivity index (χ1v) is 5.39. The monoisotopic (exact) mass is 238 g/mol. The van der Waals surface area contributed by atoms with Gasteiger partial charge in [0.1, 0.15) is 5.76 Å². The van der Waals surface area contributed by atoms with Crippen LogP contribution < -0.4 is 0 Å². The summed E-state index contributed by atoms with van der Waals surface area (Å²) in [7, 11) is 0. The highest BCUT2D eigenvalue weighted by Crippen LogP contribution is 2.27. The molecule has 17 heavy (non-hydrogen) atoms. The fourth-order valence-electron chi connectivity index (χ4n) is 2.12. The van der Waals surface area contributed by atoms with Gasteiger partial charge in [0.2, 0.25) is 0 Å². The summed E-state index contributed by atoms with van der Waals surface area (Å²) in [6.07, 6.45) is 0. The van der Waals surface area contributed by atoms with Crippen LogP contribution in [0.5, 0.6) is 0 Å². The molecule has 1 saturated heterocycles. The number of rotatable bonds is 2. The van der Waals surface area contributed by atoms with Crippen LogP contribution in [0.2, 0.25) is 0 Å². The molecule has 2 heterocycles. The third-order valence-electron chi connectivity index (χ3n) is 2.95. The third-order valence-corrected chi connectivity index (χ3v) is 2.95. The highest BCUT2D eigenvalue weighted by atomic mass is 16.6. The summed E-state index contributed by atoms with van der Waals surface area (Å²) in [5.74, 6) is -0.318.